The van der Waals surface area contributed by atoms with Crippen LogP contribution in [-0.4, -0.2) is 62.7 Å². The molecule has 3 nitrogen and oxygen atoms in total. The molecule has 15 heavy (non-hydrogen) atoms. The Kier molecular flexibility index (Phi) is 4.00. The Morgan fingerprint density at radius 2 is 2.00 bits per heavy atom. The summed E-state index contributed by atoms with van der Waals surface area (Å²) in [6.45, 7) is 11.2. The second-order valence-corrected chi connectivity index (χ2v) is 5.34. The third kappa shape index (κ3) is 3.16. The lowest BCUT2D eigenvalue weighted by Gasteiger charge is -2.31. The number of hydrogen-bond acceptors (Lipinski definition) is 3. The van der Waals surface area contributed by atoms with Crippen molar-refractivity contribution in [3.8, 4) is 0 Å². The Hall–Kier alpha value is -0.120. The zero-order chi connectivity index (χ0) is 10.7. The van der Waals surface area contributed by atoms with E-state index >= 15 is 0 Å². The highest BCUT2D eigenvalue weighted by Gasteiger charge is 2.26. The van der Waals surface area contributed by atoms with Gasteiger partial charge in [0, 0.05) is 39.3 Å². The van der Waals surface area contributed by atoms with Crippen LogP contribution >= 0.6 is 0 Å². The maximum atomic E-state index is 3.41. The lowest BCUT2D eigenvalue weighted by Crippen LogP contribution is -2.45. The Morgan fingerprint density at radius 1 is 1.27 bits per heavy atom. The molecule has 2 atom stereocenters. The van der Waals surface area contributed by atoms with Crippen molar-refractivity contribution in [2.45, 2.75) is 13.3 Å². The molecule has 0 bridgehead atoms. The Balaban J connectivity index is 1.73. The number of nitrogens with zero attached hydrogens (tertiary/aromatic N) is 2. The van der Waals surface area contributed by atoms with E-state index in [1.54, 1.807) is 0 Å². The van der Waals surface area contributed by atoms with Crippen molar-refractivity contribution >= 4 is 0 Å². The van der Waals surface area contributed by atoms with Gasteiger partial charge in [-0.05, 0) is 31.8 Å². The minimum Gasteiger partial charge on any atom is -0.314 e. The van der Waals surface area contributed by atoms with Crippen LogP contribution in [0, 0.1) is 11.8 Å². The lowest BCUT2D eigenvalue weighted by molar-refractivity contribution is 0.182. The molecule has 0 saturated carbocycles. The van der Waals surface area contributed by atoms with Gasteiger partial charge < -0.3 is 15.1 Å². The minimum absolute atomic E-state index is 0.869. The van der Waals surface area contributed by atoms with E-state index in [-0.39, 0.29) is 0 Å². The smallest absolute Gasteiger partial charge is 0.0107 e. The van der Waals surface area contributed by atoms with Crippen molar-refractivity contribution in [1.29, 1.82) is 0 Å². The number of rotatable bonds is 3. The van der Waals surface area contributed by atoms with Crippen LogP contribution < -0.4 is 5.32 Å². The van der Waals surface area contributed by atoms with Crippen LogP contribution in [0.15, 0.2) is 0 Å². The van der Waals surface area contributed by atoms with E-state index in [9.17, 15) is 0 Å². The van der Waals surface area contributed by atoms with Crippen LogP contribution in [0.3, 0.4) is 0 Å². The van der Waals surface area contributed by atoms with E-state index in [1.807, 2.05) is 0 Å². The molecule has 3 heteroatoms. The summed E-state index contributed by atoms with van der Waals surface area (Å²) in [5, 5.41) is 3.41. The molecule has 2 aliphatic heterocycles. The number of nitrogens with one attached hydrogen (secondary N) is 1. The van der Waals surface area contributed by atoms with Crippen molar-refractivity contribution in [2.75, 3.05) is 52.9 Å². The normalized spacial score (nSPS) is 32.0. The van der Waals surface area contributed by atoms with Gasteiger partial charge >= 0.3 is 0 Å². The maximum absolute atomic E-state index is 3.41. The lowest BCUT2D eigenvalue weighted by atomic mass is 9.92. The van der Waals surface area contributed by atoms with E-state index in [1.165, 1.54) is 52.2 Å². The predicted octanol–water partition coefficient (Wildman–Crippen LogP) is 0.479. The highest BCUT2D eigenvalue weighted by Crippen LogP contribution is 2.23. The fraction of sp³-hybridized carbons (Fsp3) is 1.00. The Labute approximate surface area is 93.8 Å². The zero-order valence-electron chi connectivity index (χ0n) is 10.2. The number of hydrogen-bond donors (Lipinski definition) is 1. The molecule has 2 heterocycles. The van der Waals surface area contributed by atoms with Gasteiger partial charge in [0.2, 0.25) is 0 Å². The highest BCUT2D eigenvalue weighted by atomic mass is 15.2. The standard InChI is InChI=1S/C12H25N3/c1-11(12-3-6-14(2)10-12)9-15-7-4-13-5-8-15/h11-13H,3-10H2,1-2H3. The molecular weight excluding hydrogens is 186 g/mol. The minimum atomic E-state index is 0.869. The molecule has 2 rings (SSSR count). The van der Waals surface area contributed by atoms with Gasteiger partial charge in [0.25, 0.3) is 0 Å². The molecule has 0 radical (unpaired) electrons. The first-order valence-corrected chi connectivity index (χ1v) is 6.37. The highest BCUT2D eigenvalue weighted by molar-refractivity contribution is 4.80. The molecule has 0 aromatic rings. The first-order valence-electron chi connectivity index (χ1n) is 6.37. The molecule has 1 N–H and O–H groups in total. The molecule has 0 aromatic carbocycles. The SMILES string of the molecule is CC(CN1CCNCC1)C1CCN(C)C1. The van der Waals surface area contributed by atoms with Crippen molar-refractivity contribution in [1.82, 2.24) is 15.1 Å². The van der Waals surface area contributed by atoms with Crippen LogP contribution in [0.25, 0.3) is 0 Å². The molecule has 0 amide bonds. The first kappa shape index (κ1) is 11.4. The van der Waals surface area contributed by atoms with E-state index in [0.29, 0.717) is 0 Å². The van der Waals surface area contributed by atoms with Crippen molar-refractivity contribution in [3.05, 3.63) is 0 Å². The third-order valence-corrected chi connectivity index (χ3v) is 3.99. The number of piperazine rings is 1. The zero-order valence-corrected chi connectivity index (χ0v) is 10.2. The van der Waals surface area contributed by atoms with Gasteiger partial charge in [-0.1, -0.05) is 6.92 Å². The van der Waals surface area contributed by atoms with Crippen molar-refractivity contribution in [2.24, 2.45) is 11.8 Å². The van der Waals surface area contributed by atoms with Gasteiger partial charge in [0.15, 0.2) is 0 Å². The topological polar surface area (TPSA) is 18.5 Å². The summed E-state index contributed by atoms with van der Waals surface area (Å²) >= 11 is 0. The Morgan fingerprint density at radius 3 is 2.60 bits per heavy atom. The van der Waals surface area contributed by atoms with Gasteiger partial charge in [-0.3, -0.25) is 0 Å². The molecule has 2 saturated heterocycles. The van der Waals surface area contributed by atoms with Crippen LogP contribution in [0.1, 0.15) is 13.3 Å². The summed E-state index contributed by atoms with van der Waals surface area (Å²) in [4.78, 5) is 5.10. The van der Waals surface area contributed by atoms with Gasteiger partial charge in [-0.2, -0.15) is 0 Å². The van der Waals surface area contributed by atoms with Crippen LogP contribution in [0.2, 0.25) is 0 Å². The van der Waals surface area contributed by atoms with E-state index < -0.39 is 0 Å². The Bertz CT molecular complexity index is 189. The predicted molar refractivity (Wildman–Crippen MR) is 64.1 cm³/mol. The van der Waals surface area contributed by atoms with Gasteiger partial charge in [0.1, 0.15) is 0 Å². The monoisotopic (exact) mass is 211 g/mol. The average molecular weight is 211 g/mol. The van der Waals surface area contributed by atoms with E-state index in [4.69, 9.17) is 0 Å². The fourth-order valence-corrected chi connectivity index (χ4v) is 2.88. The molecule has 0 aromatic heterocycles. The molecule has 0 spiro atoms. The van der Waals surface area contributed by atoms with E-state index in [0.717, 1.165) is 11.8 Å². The van der Waals surface area contributed by atoms with Crippen molar-refractivity contribution < 1.29 is 0 Å². The summed E-state index contributed by atoms with van der Waals surface area (Å²) < 4.78 is 0. The summed E-state index contributed by atoms with van der Waals surface area (Å²) in [6.07, 6.45) is 1.41. The summed E-state index contributed by atoms with van der Waals surface area (Å²) in [7, 11) is 2.25. The fourth-order valence-electron chi connectivity index (χ4n) is 2.88. The van der Waals surface area contributed by atoms with Gasteiger partial charge in [-0.25, -0.2) is 0 Å². The second-order valence-electron chi connectivity index (χ2n) is 5.34. The first-order chi connectivity index (χ1) is 7.25. The summed E-state index contributed by atoms with van der Waals surface area (Å²) in [6, 6.07) is 0. The second kappa shape index (κ2) is 5.28. The molecule has 88 valence electrons. The average Bonchev–Trinajstić information content (AvgIpc) is 2.66. The quantitative estimate of drug-likeness (QED) is 0.732. The van der Waals surface area contributed by atoms with Crippen LogP contribution in [0.4, 0.5) is 0 Å². The molecule has 2 unspecified atom stereocenters. The number of likely N-dealkylation sites (tertiary alicyclic amines) is 1. The molecule has 0 aliphatic carbocycles. The largest absolute Gasteiger partial charge is 0.314 e. The van der Waals surface area contributed by atoms with Gasteiger partial charge in [0.05, 0.1) is 0 Å². The summed E-state index contributed by atoms with van der Waals surface area (Å²) in [5.41, 5.74) is 0. The molecular formula is C12H25N3. The molecule has 2 fully saturated rings. The van der Waals surface area contributed by atoms with Crippen LogP contribution in [-0.2, 0) is 0 Å². The third-order valence-electron chi connectivity index (χ3n) is 3.99. The van der Waals surface area contributed by atoms with Crippen LogP contribution in [0.5, 0.6) is 0 Å². The van der Waals surface area contributed by atoms with Gasteiger partial charge in [-0.15, -0.1) is 0 Å². The maximum Gasteiger partial charge on any atom is 0.0107 e. The van der Waals surface area contributed by atoms with Crippen molar-refractivity contribution in [3.63, 3.8) is 0 Å². The van der Waals surface area contributed by atoms with E-state index in [2.05, 4.69) is 29.1 Å². The summed E-state index contributed by atoms with van der Waals surface area (Å²) in [5.74, 6) is 1.80. The molecule has 2 aliphatic rings.